The third-order valence-corrected chi connectivity index (χ3v) is 9.53. The van der Waals surface area contributed by atoms with Crippen molar-refractivity contribution in [3.8, 4) is 17.1 Å². The Morgan fingerprint density at radius 2 is 1.93 bits per heavy atom. The predicted molar refractivity (Wildman–Crippen MR) is 172 cm³/mol. The quantitative estimate of drug-likeness (QED) is 0.324. The number of nitrogens with two attached hydrogens (primary N) is 1. The van der Waals surface area contributed by atoms with Gasteiger partial charge in [-0.3, -0.25) is 14.3 Å². The number of piperazine rings is 1. The van der Waals surface area contributed by atoms with Gasteiger partial charge >= 0.3 is 6.03 Å². The lowest BCUT2D eigenvalue weighted by atomic mass is 9.97. The number of hydrogen-bond donors (Lipinski definition) is 1. The third kappa shape index (κ3) is 5.10. The summed E-state index contributed by atoms with van der Waals surface area (Å²) in [6, 6.07) is 14.2. The number of benzene rings is 1. The summed E-state index contributed by atoms with van der Waals surface area (Å²) in [6.45, 7) is 7.95. The average Bonchev–Trinajstić information content (AvgIpc) is 3.71. The highest BCUT2D eigenvalue weighted by Crippen LogP contribution is 2.42. The summed E-state index contributed by atoms with van der Waals surface area (Å²) in [5, 5.41) is 0. The number of carbonyl (C=O) groups excluding carboxylic acids is 2. The Labute approximate surface area is 262 Å². The van der Waals surface area contributed by atoms with Gasteiger partial charge in [0.1, 0.15) is 17.2 Å². The van der Waals surface area contributed by atoms with E-state index in [1.165, 1.54) is 24.5 Å². The van der Waals surface area contributed by atoms with E-state index in [4.69, 9.17) is 20.4 Å². The molecule has 3 fully saturated rings. The van der Waals surface area contributed by atoms with Gasteiger partial charge in [0.25, 0.3) is 0 Å². The maximum absolute atomic E-state index is 13.6. The molecule has 1 saturated carbocycles. The van der Waals surface area contributed by atoms with Gasteiger partial charge in [-0.15, -0.1) is 0 Å². The van der Waals surface area contributed by atoms with E-state index >= 15 is 0 Å². The molecule has 11 heteroatoms. The first-order chi connectivity index (χ1) is 21.8. The number of ether oxygens (including phenoxy) is 1. The number of nitrogen functional groups attached to an aromatic ring is 1. The number of likely N-dealkylation sites (tertiary alicyclic amines) is 1. The number of anilines is 1. The molecule has 0 unspecified atom stereocenters. The fraction of sp³-hybridized carbons (Fsp3) is 0.382. The van der Waals surface area contributed by atoms with Crippen LogP contribution < -0.4 is 5.73 Å². The van der Waals surface area contributed by atoms with E-state index in [1.807, 2.05) is 47.2 Å². The average molecular weight is 607 g/mol. The normalized spacial score (nSPS) is 21.8. The van der Waals surface area contributed by atoms with Gasteiger partial charge in [0.2, 0.25) is 5.91 Å². The van der Waals surface area contributed by atoms with Crippen molar-refractivity contribution >= 4 is 28.8 Å². The topological polar surface area (TPSA) is 123 Å². The number of rotatable bonds is 6. The smallest absolute Gasteiger partial charge is 0.320 e. The molecule has 3 aliphatic rings. The summed E-state index contributed by atoms with van der Waals surface area (Å²) in [6.07, 6.45) is 7.90. The van der Waals surface area contributed by atoms with Crippen LogP contribution >= 0.6 is 0 Å². The maximum atomic E-state index is 13.6. The Kier molecular flexibility index (Phi) is 7.27. The van der Waals surface area contributed by atoms with Crippen LogP contribution in [0.1, 0.15) is 43.4 Å². The zero-order valence-electron chi connectivity index (χ0n) is 25.7. The van der Waals surface area contributed by atoms with E-state index < -0.39 is 5.60 Å². The lowest BCUT2D eigenvalue weighted by Gasteiger charge is -2.40. The van der Waals surface area contributed by atoms with Crippen molar-refractivity contribution in [3.63, 3.8) is 0 Å². The molecule has 2 N–H and O–H groups in total. The molecule has 2 saturated heterocycles. The predicted octanol–water partition coefficient (Wildman–Crippen LogP) is 4.33. The molecule has 4 aromatic rings. The summed E-state index contributed by atoms with van der Waals surface area (Å²) in [7, 11) is 1.68. The highest BCUT2D eigenvalue weighted by molar-refractivity contribution is 5.88. The monoisotopic (exact) mass is 606 g/mol. The van der Waals surface area contributed by atoms with E-state index in [9.17, 15) is 9.59 Å². The molecule has 0 radical (unpaired) electrons. The second-order valence-electron chi connectivity index (χ2n) is 12.3. The second kappa shape index (κ2) is 11.3. The van der Waals surface area contributed by atoms with Crippen LogP contribution in [0.3, 0.4) is 0 Å². The summed E-state index contributed by atoms with van der Waals surface area (Å²) in [5.41, 5.74) is 11.2. The number of imidazole rings is 1. The number of pyridine rings is 2. The van der Waals surface area contributed by atoms with Gasteiger partial charge in [0, 0.05) is 51.9 Å². The minimum atomic E-state index is -0.729. The molecule has 3 amide bonds. The molecule has 0 bridgehead atoms. The first-order valence-electron chi connectivity index (χ1n) is 15.5. The van der Waals surface area contributed by atoms with Crippen molar-refractivity contribution in [2.24, 2.45) is 0 Å². The van der Waals surface area contributed by atoms with Gasteiger partial charge in [-0.25, -0.2) is 14.8 Å². The Hall–Kier alpha value is -4.77. The van der Waals surface area contributed by atoms with Crippen molar-refractivity contribution in [2.75, 3.05) is 45.6 Å². The zero-order chi connectivity index (χ0) is 31.3. The van der Waals surface area contributed by atoms with Crippen LogP contribution in [0.4, 0.5) is 10.6 Å². The molecule has 1 aliphatic carbocycles. The SMILES string of the molecule is C=CC(=O)N1CCN(C(=O)N2CC[C@](OC)(c3ccc(-n4c(-c5cccnc5N)nc5ccc(C6CC6)cc54)cn3)C2)C[C@H]1C. The van der Waals surface area contributed by atoms with Crippen LogP contribution in [0.25, 0.3) is 28.1 Å². The summed E-state index contributed by atoms with van der Waals surface area (Å²) in [4.78, 5) is 45.4. The fourth-order valence-corrected chi connectivity index (χ4v) is 6.80. The standard InChI is InChI=1S/C34H38N8O3/c1-4-30(43)41-17-16-39(20-22(41)2)33(44)40-15-13-34(21-40,45-3)29-12-10-25(19-37-29)42-28-18-24(23-7-8-23)9-11-27(28)38-32(42)26-6-5-14-36-31(26)35/h4-6,9-12,14,18-19,22-23H,1,7-8,13,15-17,20-21H2,2-3H3,(H2,35,36)/t22-,34-/m1/s1. The van der Waals surface area contributed by atoms with Crippen LogP contribution in [0.15, 0.2) is 67.5 Å². The molecule has 5 heterocycles. The van der Waals surface area contributed by atoms with Crippen molar-refractivity contribution < 1.29 is 14.3 Å². The van der Waals surface area contributed by atoms with Crippen LogP contribution in [0.5, 0.6) is 0 Å². The van der Waals surface area contributed by atoms with Gasteiger partial charge in [0.05, 0.1) is 40.7 Å². The van der Waals surface area contributed by atoms with Crippen molar-refractivity contribution in [1.29, 1.82) is 0 Å². The summed E-state index contributed by atoms with van der Waals surface area (Å²) in [5.74, 6) is 1.62. The number of hydrogen-bond acceptors (Lipinski definition) is 7. The molecule has 2 atom stereocenters. The number of aromatic nitrogens is 4. The molecule has 7 rings (SSSR count). The second-order valence-corrected chi connectivity index (χ2v) is 12.3. The van der Waals surface area contributed by atoms with E-state index in [1.54, 1.807) is 18.2 Å². The van der Waals surface area contributed by atoms with E-state index in [2.05, 4.69) is 34.3 Å². The van der Waals surface area contributed by atoms with Crippen LogP contribution in [-0.2, 0) is 15.1 Å². The molecule has 232 valence electrons. The lowest BCUT2D eigenvalue weighted by Crippen LogP contribution is -2.57. The van der Waals surface area contributed by atoms with Crippen molar-refractivity contribution in [3.05, 3.63) is 78.8 Å². The van der Waals surface area contributed by atoms with Gasteiger partial charge in [-0.2, -0.15) is 0 Å². The van der Waals surface area contributed by atoms with Crippen LogP contribution in [-0.4, -0.2) is 92.0 Å². The Morgan fingerprint density at radius 1 is 1.09 bits per heavy atom. The number of fused-ring (bicyclic) bond motifs is 1. The Bertz CT molecular complexity index is 1780. The Balaban J connectivity index is 1.17. The number of methoxy groups -OCH3 is 1. The van der Waals surface area contributed by atoms with E-state index in [-0.39, 0.29) is 18.0 Å². The number of amides is 3. The molecule has 3 aromatic heterocycles. The zero-order valence-corrected chi connectivity index (χ0v) is 25.7. The van der Waals surface area contributed by atoms with Crippen LogP contribution in [0, 0.1) is 0 Å². The third-order valence-electron chi connectivity index (χ3n) is 9.53. The van der Waals surface area contributed by atoms with Crippen molar-refractivity contribution in [1.82, 2.24) is 34.2 Å². The van der Waals surface area contributed by atoms with Gasteiger partial charge in [-0.1, -0.05) is 12.6 Å². The van der Waals surface area contributed by atoms with Gasteiger partial charge in [-0.05, 0) is 73.7 Å². The van der Waals surface area contributed by atoms with E-state index in [0.29, 0.717) is 56.7 Å². The molecule has 1 aromatic carbocycles. The number of urea groups is 1. The largest absolute Gasteiger partial charge is 0.383 e. The van der Waals surface area contributed by atoms with Gasteiger partial charge in [0.15, 0.2) is 0 Å². The number of carbonyl (C=O) groups is 2. The highest BCUT2D eigenvalue weighted by Gasteiger charge is 2.44. The minimum Gasteiger partial charge on any atom is -0.383 e. The Morgan fingerprint density at radius 3 is 2.62 bits per heavy atom. The lowest BCUT2D eigenvalue weighted by molar-refractivity contribution is -0.129. The molecular weight excluding hydrogens is 568 g/mol. The highest BCUT2D eigenvalue weighted by atomic mass is 16.5. The molecule has 11 nitrogen and oxygen atoms in total. The molecular formula is C34H38N8O3. The first-order valence-corrected chi connectivity index (χ1v) is 15.5. The summed E-state index contributed by atoms with van der Waals surface area (Å²) >= 11 is 0. The molecule has 45 heavy (non-hydrogen) atoms. The van der Waals surface area contributed by atoms with E-state index in [0.717, 1.165) is 28.0 Å². The molecule has 2 aliphatic heterocycles. The van der Waals surface area contributed by atoms with Gasteiger partial charge < -0.3 is 25.2 Å². The van der Waals surface area contributed by atoms with Crippen LogP contribution in [0.2, 0.25) is 0 Å². The first kappa shape index (κ1) is 29.0. The number of nitrogens with zero attached hydrogens (tertiary/aromatic N) is 7. The maximum Gasteiger partial charge on any atom is 0.320 e. The van der Waals surface area contributed by atoms with Crippen molar-refractivity contribution in [2.45, 2.75) is 43.7 Å². The fourth-order valence-electron chi connectivity index (χ4n) is 6.80. The minimum absolute atomic E-state index is 0.0434. The molecule has 0 spiro atoms. The summed E-state index contributed by atoms with van der Waals surface area (Å²) < 4.78 is 8.22.